The van der Waals surface area contributed by atoms with Crippen molar-refractivity contribution in [2.24, 2.45) is 0 Å². The second kappa shape index (κ2) is 57.8. The van der Waals surface area contributed by atoms with Crippen molar-refractivity contribution >= 4 is 13.7 Å². The van der Waals surface area contributed by atoms with Crippen molar-refractivity contribution in [2.45, 2.75) is 276 Å². The molecule has 1 amide bonds. The van der Waals surface area contributed by atoms with Crippen molar-refractivity contribution in [1.82, 2.24) is 5.32 Å². The summed E-state index contributed by atoms with van der Waals surface area (Å²) in [6.07, 6.45) is 84.6. The molecule has 0 saturated carbocycles. The third-order valence-corrected chi connectivity index (χ3v) is 14.7. The van der Waals surface area contributed by atoms with E-state index in [-0.39, 0.29) is 12.5 Å². The number of aliphatic hydroxyl groups is 1. The smallest absolute Gasteiger partial charge is 0.268 e. The number of carbonyl (C=O) groups is 1. The molecular weight excluding hydrogens is 972 g/mol. The van der Waals surface area contributed by atoms with Crippen molar-refractivity contribution in [3.63, 3.8) is 0 Å². The first-order valence-electron chi connectivity index (χ1n) is 31.7. The van der Waals surface area contributed by atoms with Crippen LogP contribution in [-0.2, 0) is 18.4 Å². The molecule has 0 fully saturated rings. The molecule has 0 spiro atoms. The Kier molecular flexibility index (Phi) is 55.7. The van der Waals surface area contributed by atoms with Crippen molar-refractivity contribution in [1.29, 1.82) is 0 Å². The monoisotopic (exact) mass is 1090 g/mol. The number of carbonyl (C=O) groups excluding carboxylic acids is 1. The second-order valence-corrected chi connectivity index (χ2v) is 23.8. The van der Waals surface area contributed by atoms with Crippen molar-refractivity contribution < 1.29 is 32.9 Å². The fraction of sp³-hybridized carbons (Fsp3) is 0.721. The Morgan fingerprint density at radius 2 is 0.792 bits per heavy atom. The molecule has 9 heteroatoms. The van der Waals surface area contributed by atoms with E-state index in [1.54, 1.807) is 6.08 Å². The third kappa shape index (κ3) is 60.6. The molecule has 0 aromatic rings. The van der Waals surface area contributed by atoms with Crippen LogP contribution in [0.5, 0.6) is 0 Å². The Bertz CT molecular complexity index is 1620. The lowest BCUT2D eigenvalue weighted by Gasteiger charge is -2.29. The summed E-state index contributed by atoms with van der Waals surface area (Å²) >= 11 is 0. The lowest BCUT2D eigenvalue weighted by atomic mass is 10.0. The summed E-state index contributed by atoms with van der Waals surface area (Å²) in [6.45, 7) is 4.53. The summed E-state index contributed by atoms with van der Waals surface area (Å²) < 4.78 is 23.4. The van der Waals surface area contributed by atoms with E-state index in [1.165, 1.54) is 141 Å². The maximum Gasteiger partial charge on any atom is 0.268 e. The number of amides is 1. The van der Waals surface area contributed by atoms with Crippen molar-refractivity contribution in [2.75, 3.05) is 40.9 Å². The Labute approximate surface area is 476 Å². The highest BCUT2D eigenvalue weighted by Gasteiger charge is 2.23. The van der Waals surface area contributed by atoms with E-state index in [1.807, 2.05) is 27.2 Å². The maximum atomic E-state index is 13.0. The molecule has 2 N–H and O–H groups in total. The van der Waals surface area contributed by atoms with Crippen LogP contribution >= 0.6 is 7.82 Å². The SMILES string of the molecule is CC/C=C\C/C=C\C/C=C\C/C=C\C/C=C\C/C=C\C/C=C\C/C=C\CCCCCCC(=O)NC(COP(=O)([O-])OCC[N+](C)(C)C)C(O)/C=C/CCCCCCCCCCCCCCCCCCCCCCCCCC. The van der Waals surface area contributed by atoms with Crippen LogP contribution in [-0.4, -0.2) is 68.5 Å². The number of unbranched alkanes of at least 4 members (excludes halogenated alkanes) is 28. The minimum atomic E-state index is -4.62. The van der Waals surface area contributed by atoms with Crippen molar-refractivity contribution in [3.8, 4) is 0 Å². The number of phosphoric ester groups is 1. The molecule has 0 bridgehead atoms. The highest BCUT2D eigenvalue weighted by molar-refractivity contribution is 7.45. The number of allylic oxidation sites excluding steroid dienone is 17. The molecule has 3 atom stereocenters. The number of hydrogen-bond donors (Lipinski definition) is 2. The average Bonchev–Trinajstić information content (AvgIpc) is 3.39. The number of rotatable bonds is 57. The van der Waals surface area contributed by atoms with Gasteiger partial charge >= 0.3 is 0 Å². The minimum Gasteiger partial charge on any atom is -0.756 e. The lowest BCUT2D eigenvalue weighted by Crippen LogP contribution is -2.45. The standard InChI is InChI=1S/C68H121N2O6P/c1-6-8-10-12-14-16-18-20-22-24-26-28-30-32-34-35-36-38-40-42-44-46-48-50-52-54-56-58-60-62-68(72)69-66(65-76-77(73,74)75-64-63-70(3,4)5)67(71)61-59-57-55-53-51-49-47-45-43-41-39-37-33-31-29-27-25-23-21-19-17-15-13-11-9-7-2/h8,10,14,16,20,22,26,28,32,34,36,38,42,44,48,50,59,61,66-67,71H,6-7,9,11-13,15,17-19,21,23-25,27,29-31,33,35,37,39-41,43,45-47,49,51-58,60,62-65H2,1-5H3,(H-,69,72,73,74)/b10-8-,16-14-,22-20-,28-26-,34-32-,38-36-,44-42-,50-48-,61-59+. The first kappa shape index (κ1) is 74.2. The molecule has 444 valence electrons. The third-order valence-electron chi connectivity index (χ3n) is 13.7. The number of likely N-dealkylation sites (N-methyl/N-ethyl adjacent to an activating group) is 1. The Balaban J connectivity index is 4.26. The normalized spacial score (nSPS) is 14.5. The first-order valence-corrected chi connectivity index (χ1v) is 33.2. The molecule has 0 rings (SSSR count). The predicted octanol–water partition coefficient (Wildman–Crippen LogP) is 19.3. The number of aliphatic hydroxyl groups excluding tert-OH is 1. The molecule has 3 unspecified atom stereocenters. The van der Waals surface area contributed by atoms with Gasteiger partial charge in [0.05, 0.1) is 39.9 Å². The second-order valence-electron chi connectivity index (χ2n) is 22.4. The molecule has 0 aliphatic heterocycles. The molecule has 0 aliphatic rings. The number of hydrogen-bond acceptors (Lipinski definition) is 6. The van der Waals surface area contributed by atoms with Gasteiger partial charge in [-0.25, -0.2) is 0 Å². The zero-order valence-corrected chi connectivity index (χ0v) is 51.5. The van der Waals surface area contributed by atoms with Crippen LogP contribution in [0.2, 0.25) is 0 Å². The molecule has 0 aromatic carbocycles. The van der Waals surface area contributed by atoms with Gasteiger partial charge in [0.15, 0.2) is 0 Å². The van der Waals surface area contributed by atoms with Crippen LogP contribution in [0.4, 0.5) is 0 Å². The van der Waals surface area contributed by atoms with Gasteiger partial charge in [0.2, 0.25) is 5.91 Å². The molecular formula is C68H121N2O6P. The summed E-state index contributed by atoms with van der Waals surface area (Å²) in [5, 5.41) is 13.9. The molecule has 0 aromatic heterocycles. The summed E-state index contributed by atoms with van der Waals surface area (Å²) in [7, 11) is 1.23. The summed E-state index contributed by atoms with van der Waals surface area (Å²) in [5.74, 6) is -0.224. The Morgan fingerprint density at radius 1 is 0.468 bits per heavy atom. The van der Waals surface area contributed by atoms with Crippen LogP contribution in [0.3, 0.4) is 0 Å². The van der Waals surface area contributed by atoms with Crippen LogP contribution in [0, 0.1) is 0 Å². The first-order chi connectivity index (χ1) is 37.5. The molecule has 77 heavy (non-hydrogen) atoms. The van der Waals surface area contributed by atoms with Gasteiger partial charge in [-0.15, -0.1) is 0 Å². The van der Waals surface area contributed by atoms with Gasteiger partial charge in [-0.3, -0.25) is 9.36 Å². The molecule has 8 nitrogen and oxygen atoms in total. The predicted molar refractivity (Wildman–Crippen MR) is 334 cm³/mol. The number of nitrogens with one attached hydrogen (secondary N) is 1. The molecule has 0 aliphatic carbocycles. The van der Waals surface area contributed by atoms with E-state index in [2.05, 4.69) is 116 Å². The summed E-state index contributed by atoms with van der Waals surface area (Å²) in [5.41, 5.74) is 0. The van der Waals surface area contributed by atoms with Gasteiger partial charge in [-0.05, 0) is 83.5 Å². The van der Waals surface area contributed by atoms with E-state index < -0.39 is 26.6 Å². The average molecular weight is 1090 g/mol. The molecule has 0 saturated heterocycles. The van der Waals surface area contributed by atoms with Crippen LogP contribution in [0.15, 0.2) is 109 Å². The zero-order valence-electron chi connectivity index (χ0n) is 50.6. The van der Waals surface area contributed by atoms with Crippen LogP contribution < -0.4 is 10.2 Å². The number of quaternary nitrogens is 1. The topological polar surface area (TPSA) is 108 Å². The Morgan fingerprint density at radius 3 is 1.16 bits per heavy atom. The fourth-order valence-corrected chi connectivity index (χ4v) is 9.54. The Hall–Kier alpha value is -2.84. The van der Waals surface area contributed by atoms with E-state index in [0.717, 1.165) is 103 Å². The van der Waals surface area contributed by atoms with Crippen LogP contribution in [0.25, 0.3) is 0 Å². The summed E-state index contributed by atoms with van der Waals surface area (Å²) in [4.78, 5) is 25.6. The summed E-state index contributed by atoms with van der Waals surface area (Å²) in [6, 6.07) is -0.910. The van der Waals surface area contributed by atoms with E-state index >= 15 is 0 Å². The number of nitrogens with zero attached hydrogens (tertiary/aromatic N) is 1. The largest absolute Gasteiger partial charge is 0.756 e. The van der Waals surface area contributed by atoms with E-state index in [4.69, 9.17) is 9.05 Å². The minimum absolute atomic E-state index is 0.0120. The van der Waals surface area contributed by atoms with E-state index in [0.29, 0.717) is 17.4 Å². The highest BCUT2D eigenvalue weighted by atomic mass is 31.2. The van der Waals surface area contributed by atoms with Gasteiger partial charge in [0, 0.05) is 6.42 Å². The van der Waals surface area contributed by atoms with Gasteiger partial charge in [0.1, 0.15) is 13.2 Å². The van der Waals surface area contributed by atoms with Gasteiger partial charge in [-0.2, -0.15) is 0 Å². The fourth-order valence-electron chi connectivity index (χ4n) is 8.82. The van der Waals surface area contributed by atoms with Gasteiger partial charge in [-0.1, -0.05) is 284 Å². The van der Waals surface area contributed by atoms with Gasteiger partial charge < -0.3 is 28.8 Å². The lowest BCUT2D eigenvalue weighted by molar-refractivity contribution is -0.870. The number of phosphoric acid groups is 1. The highest BCUT2D eigenvalue weighted by Crippen LogP contribution is 2.38. The van der Waals surface area contributed by atoms with E-state index in [9.17, 15) is 19.4 Å². The molecule has 0 heterocycles. The molecule has 0 radical (unpaired) electrons. The van der Waals surface area contributed by atoms with Gasteiger partial charge in [0.25, 0.3) is 7.82 Å². The quantitative estimate of drug-likeness (QED) is 0.0272. The van der Waals surface area contributed by atoms with Crippen LogP contribution in [0.1, 0.15) is 264 Å². The maximum absolute atomic E-state index is 13.0. The zero-order chi connectivity index (χ0) is 56.3. The van der Waals surface area contributed by atoms with Crippen molar-refractivity contribution in [3.05, 3.63) is 109 Å².